The molecule has 6 nitrogen and oxygen atoms in total. The lowest BCUT2D eigenvalue weighted by atomic mass is 9.71. The molecule has 1 atom stereocenters. The maximum atomic E-state index is 13.4. The minimum absolute atomic E-state index is 0.281. The molecule has 3 rings (SSSR count). The number of alkyl halides is 1. The van der Waals surface area contributed by atoms with Crippen LogP contribution >= 0.6 is 11.6 Å². The van der Waals surface area contributed by atoms with Crippen molar-refractivity contribution in [3.8, 4) is 0 Å². The van der Waals surface area contributed by atoms with Crippen LogP contribution in [0.4, 0.5) is 0 Å². The minimum Gasteiger partial charge on any atom is -0.460 e. The van der Waals surface area contributed by atoms with Gasteiger partial charge in [0, 0.05) is 17.8 Å². The molecular weight excluding hydrogens is 412 g/mol. The molecule has 0 saturated carbocycles. The van der Waals surface area contributed by atoms with E-state index < -0.39 is 11.0 Å². The first-order valence-corrected chi connectivity index (χ1v) is 11.0. The summed E-state index contributed by atoms with van der Waals surface area (Å²) in [6.07, 6.45) is 1.95. The molecule has 0 N–H and O–H groups in total. The van der Waals surface area contributed by atoms with Crippen molar-refractivity contribution >= 4 is 23.2 Å². The summed E-state index contributed by atoms with van der Waals surface area (Å²) < 4.78 is 7.76. The smallest absolute Gasteiger partial charge is 0.313 e. The molecule has 166 valence electrons. The fourth-order valence-electron chi connectivity index (χ4n) is 3.85. The van der Waals surface area contributed by atoms with E-state index in [0.717, 1.165) is 39.5 Å². The van der Waals surface area contributed by atoms with E-state index >= 15 is 0 Å². The van der Waals surface area contributed by atoms with Gasteiger partial charge in [-0.3, -0.25) is 14.2 Å². The third-order valence-corrected chi connectivity index (χ3v) is 5.89. The van der Waals surface area contributed by atoms with E-state index in [1.807, 2.05) is 84.2 Å². The van der Waals surface area contributed by atoms with Crippen LogP contribution in [0.5, 0.6) is 0 Å². The Kier molecular flexibility index (Phi) is 6.16. The number of fused-ring (bicyclic) bond motifs is 1. The van der Waals surface area contributed by atoms with E-state index in [4.69, 9.17) is 21.3 Å². The average molecular weight is 443 g/mol. The normalized spacial score (nSPS) is 13.5. The molecular formula is C24H31ClN4O2. The zero-order valence-electron chi connectivity index (χ0n) is 19.6. The Hall–Kier alpha value is -2.47. The molecule has 31 heavy (non-hydrogen) atoms. The van der Waals surface area contributed by atoms with Crippen molar-refractivity contribution in [3.05, 3.63) is 58.3 Å². The van der Waals surface area contributed by atoms with Crippen LogP contribution in [-0.2, 0) is 15.4 Å². The lowest BCUT2D eigenvalue weighted by Crippen LogP contribution is -2.39. The van der Waals surface area contributed by atoms with Crippen LogP contribution in [0, 0.1) is 26.2 Å². The van der Waals surface area contributed by atoms with Crippen LogP contribution in [0.3, 0.4) is 0 Å². The summed E-state index contributed by atoms with van der Waals surface area (Å²) in [7, 11) is 0. The van der Waals surface area contributed by atoms with Crippen LogP contribution in [0.1, 0.15) is 74.4 Å². The van der Waals surface area contributed by atoms with Gasteiger partial charge in [-0.1, -0.05) is 6.07 Å². The summed E-state index contributed by atoms with van der Waals surface area (Å²) in [6, 6.07) is 6.01. The Balaban J connectivity index is 2.25. The number of rotatable bonds is 5. The largest absolute Gasteiger partial charge is 0.460 e. The zero-order valence-corrected chi connectivity index (χ0v) is 20.3. The number of hydrogen-bond acceptors (Lipinski definition) is 5. The Morgan fingerprint density at radius 3 is 2.39 bits per heavy atom. The number of aryl methyl sites for hydroxylation is 3. The lowest BCUT2D eigenvalue weighted by Gasteiger charge is -2.35. The average Bonchev–Trinajstić information content (AvgIpc) is 3.05. The zero-order chi connectivity index (χ0) is 23.1. The summed E-state index contributed by atoms with van der Waals surface area (Å²) in [5, 5.41) is 8.55. The molecule has 7 heteroatoms. The van der Waals surface area contributed by atoms with Gasteiger partial charge in [-0.15, -0.1) is 21.8 Å². The molecule has 0 aliphatic rings. The van der Waals surface area contributed by atoms with E-state index in [1.54, 1.807) is 0 Å². The minimum atomic E-state index is -0.892. The third-order valence-electron chi connectivity index (χ3n) is 5.64. The predicted octanol–water partition coefficient (Wildman–Crippen LogP) is 5.29. The summed E-state index contributed by atoms with van der Waals surface area (Å²) in [6.45, 7) is 15.4. The lowest BCUT2D eigenvalue weighted by molar-refractivity contribution is -0.166. The molecule has 0 saturated heterocycles. The summed E-state index contributed by atoms with van der Waals surface area (Å²) >= 11 is 6.16. The molecule has 0 aromatic carbocycles. The van der Waals surface area contributed by atoms with Gasteiger partial charge in [0.05, 0.1) is 17.0 Å². The van der Waals surface area contributed by atoms with Gasteiger partial charge in [-0.25, -0.2) is 0 Å². The second-order valence-electron chi connectivity index (χ2n) is 9.63. The highest BCUT2D eigenvalue weighted by Crippen LogP contribution is 2.43. The summed E-state index contributed by atoms with van der Waals surface area (Å²) in [4.78, 5) is 18.2. The predicted molar refractivity (Wildman–Crippen MR) is 122 cm³/mol. The molecule has 0 aliphatic carbocycles. The molecule has 0 aliphatic heterocycles. The van der Waals surface area contributed by atoms with Gasteiger partial charge in [0.1, 0.15) is 11.4 Å². The fraction of sp³-hybridized carbons (Fsp3) is 0.500. The van der Waals surface area contributed by atoms with Gasteiger partial charge in [0.25, 0.3) is 0 Å². The number of esters is 1. The van der Waals surface area contributed by atoms with E-state index in [1.165, 1.54) is 0 Å². The van der Waals surface area contributed by atoms with Gasteiger partial charge in [-0.05, 0) is 84.2 Å². The van der Waals surface area contributed by atoms with E-state index in [2.05, 4.69) is 10.2 Å². The van der Waals surface area contributed by atoms with Gasteiger partial charge >= 0.3 is 5.97 Å². The van der Waals surface area contributed by atoms with E-state index in [9.17, 15) is 4.79 Å². The van der Waals surface area contributed by atoms with Crippen molar-refractivity contribution in [3.63, 3.8) is 0 Å². The first-order valence-electron chi connectivity index (χ1n) is 10.4. The highest BCUT2D eigenvalue weighted by atomic mass is 35.5. The van der Waals surface area contributed by atoms with Crippen molar-refractivity contribution in [2.45, 2.75) is 72.8 Å². The Bertz CT molecular complexity index is 1130. The number of aromatic nitrogens is 4. The highest BCUT2D eigenvalue weighted by molar-refractivity contribution is 6.17. The number of halogens is 1. The first kappa shape index (κ1) is 23.2. The van der Waals surface area contributed by atoms with Gasteiger partial charge in [0.15, 0.2) is 5.65 Å². The molecule has 0 bridgehead atoms. The van der Waals surface area contributed by atoms with Gasteiger partial charge in [-0.2, -0.15) is 0 Å². The van der Waals surface area contributed by atoms with E-state index in [0.29, 0.717) is 5.88 Å². The second kappa shape index (κ2) is 8.23. The van der Waals surface area contributed by atoms with Crippen LogP contribution in [0.2, 0.25) is 0 Å². The van der Waals surface area contributed by atoms with Gasteiger partial charge < -0.3 is 4.74 Å². The van der Waals surface area contributed by atoms with E-state index in [-0.39, 0.29) is 11.9 Å². The van der Waals surface area contributed by atoms with Crippen molar-refractivity contribution in [2.75, 3.05) is 0 Å². The molecule has 1 unspecified atom stereocenters. The molecule has 0 fully saturated rings. The molecule has 3 aromatic rings. The van der Waals surface area contributed by atoms with Crippen LogP contribution in [0.25, 0.3) is 5.65 Å². The highest BCUT2D eigenvalue weighted by Gasteiger charge is 2.43. The van der Waals surface area contributed by atoms with Crippen molar-refractivity contribution in [2.24, 2.45) is 5.41 Å². The Morgan fingerprint density at radius 1 is 1.10 bits per heavy atom. The molecule has 0 amide bonds. The van der Waals surface area contributed by atoms with Crippen molar-refractivity contribution in [1.82, 2.24) is 19.6 Å². The van der Waals surface area contributed by atoms with Crippen LogP contribution in [0.15, 0.2) is 24.4 Å². The van der Waals surface area contributed by atoms with Crippen LogP contribution < -0.4 is 0 Å². The quantitative estimate of drug-likeness (QED) is 0.396. The summed E-state index contributed by atoms with van der Waals surface area (Å²) in [5.41, 5.74) is 3.81. The second-order valence-corrected chi connectivity index (χ2v) is 9.89. The first-order chi connectivity index (χ1) is 14.4. The third kappa shape index (κ3) is 4.45. The number of pyridine rings is 2. The Labute approximate surface area is 189 Å². The monoisotopic (exact) mass is 442 g/mol. The molecule has 0 spiro atoms. The van der Waals surface area contributed by atoms with Crippen molar-refractivity contribution < 1.29 is 9.53 Å². The molecule has 0 radical (unpaired) electrons. The number of hydrogen-bond donors (Lipinski definition) is 0. The molecule has 3 aromatic heterocycles. The number of ether oxygens (including phenoxy) is 1. The van der Waals surface area contributed by atoms with Crippen molar-refractivity contribution in [1.29, 1.82) is 0 Å². The summed E-state index contributed by atoms with van der Waals surface area (Å²) in [5.74, 6) is 0.481. The molecule has 3 heterocycles. The Morgan fingerprint density at radius 2 is 1.77 bits per heavy atom. The topological polar surface area (TPSA) is 69.4 Å². The number of carbonyl (C=O) groups excluding carboxylic acids is 1. The maximum absolute atomic E-state index is 13.4. The fourth-order valence-corrected chi connectivity index (χ4v) is 4.12. The van der Waals surface area contributed by atoms with Crippen LogP contribution in [-0.4, -0.2) is 31.2 Å². The van der Waals surface area contributed by atoms with Gasteiger partial charge in [0.2, 0.25) is 0 Å². The SMILES string of the molecule is Cc1ccc(C(c2ccn3c(C)nnc3c2C)C(C)(C)C(=O)OC(C)(C)C)nc1CCl. The maximum Gasteiger partial charge on any atom is 0.313 e. The number of carbonyl (C=O) groups is 1. The number of nitrogens with zero attached hydrogens (tertiary/aromatic N) is 4. The standard InChI is InChI=1S/C24H31ClN4O2/c1-14-9-10-18(26-19(14)13-25)20(24(7,8)22(30)31-23(4,5)6)17-11-12-29-16(3)27-28-21(29)15(17)2/h9-12,20H,13H2,1-8H3.